The van der Waals surface area contributed by atoms with Crippen molar-refractivity contribution in [2.75, 3.05) is 16.8 Å². The first-order valence-electron chi connectivity index (χ1n) is 6.37. The van der Waals surface area contributed by atoms with Gasteiger partial charge in [-0.3, -0.25) is 9.89 Å². The van der Waals surface area contributed by atoms with Crippen molar-refractivity contribution in [3.8, 4) is 0 Å². The minimum absolute atomic E-state index is 0.108. The summed E-state index contributed by atoms with van der Waals surface area (Å²) in [5.74, 6) is 0.108. The zero-order chi connectivity index (χ0) is 13.2. The molecule has 0 fully saturated rings. The van der Waals surface area contributed by atoms with Crippen molar-refractivity contribution in [3.63, 3.8) is 0 Å². The molecule has 1 aliphatic rings. The number of hydrogen-bond donors (Lipinski definition) is 2. The lowest BCUT2D eigenvalue weighted by atomic mass is 10.1. The maximum atomic E-state index is 11.5. The van der Waals surface area contributed by atoms with E-state index in [1.54, 1.807) is 13.1 Å². The molecule has 1 aromatic heterocycles. The molecule has 2 heterocycles. The van der Waals surface area contributed by atoms with E-state index in [0.717, 1.165) is 36.6 Å². The van der Waals surface area contributed by atoms with Gasteiger partial charge in [0.25, 0.3) is 0 Å². The van der Waals surface area contributed by atoms with Crippen LogP contribution in [0.15, 0.2) is 30.5 Å². The van der Waals surface area contributed by atoms with Crippen molar-refractivity contribution in [1.82, 2.24) is 10.2 Å². The van der Waals surface area contributed by atoms with E-state index in [0.29, 0.717) is 0 Å². The summed E-state index contributed by atoms with van der Waals surface area (Å²) in [6.45, 7) is 3.11. The number of carbonyl (C=O) groups excluding carboxylic acids is 1. The molecule has 0 saturated carbocycles. The normalized spacial score (nSPS) is 13.4. The quantitative estimate of drug-likeness (QED) is 0.882. The number of nitrogens with one attached hydrogen (secondary N) is 2. The van der Waals surface area contributed by atoms with Gasteiger partial charge in [0, 0.05) is 31.0 Å². The van der Waals surface area contributed by atoms with Crippen molar-refractivity contribution in [3.05, 3.63) is 41.7 Å². The van der Waals surface area contributed by atoms with Crippen LogP contribution in [0.5, 0.6) is 0 Å². The van der Waals surface area contributed by atoms with Crippen molar-refractivity contribution in [2.45, 2.75) is 19.9 Å². The van der Waals surface area contributed by atoms with Gasteiger partial charge in [-0.05, 0) is 36.2 Å². The van der Waals surface area contributed by atoms with E-state index >= 15 is 0 Å². The third-order valence-corrected chi connectivity index (χ3v) is 3.40. The van der Waals surface area contributed by atoms with Crippen molar-refractivity contribution >= 4 is 17.3 Å². The number of amides is 1. The van der Waals surface area contributed by atoms with Gasteiger partial charge in [-0.15, -0.1) is 0 Å². The van der Waals surface area contributed by atoms with Gasteiger partial charge in [0.15, 0.2) is 0 Å². The van der Waals surface area contributed by atoms with E-state index in [4.69, 9.17) is 0 Å². The first kappa shape index (κ1) is 11.8. The van der Waals surface area contributed by atoms with Crippen molar-refractivity contribution < 1.29 is 4.79 Å². The van der Waals surface area contributed by atoms with Crippen molar-refractivity contribution in [2.24, 2.45) is 0 Å². The highest BCUT2D eigenvalue weighted by Crippen LogP contribution is 2.30. The average molecular weight is 256 g/mol. The molecule has 0 atom stereocenters. The molecule has 1 aliphatic heterocycles. The van der Waals surface area contributed by atoms with Crippen LogP contribution in [0.25, 0.3) is 0 Å². The number of benzene rings is 1. The van der Waals surface area contributed by atoms with E-state index < -0.39 is 0 Å². The summed E-state index contributed by atoms with van der Waals surface area (Å²) in [6, 6.07) is 8.09. The van der Waals surface area contributed by atoms with Gasteiger partial charge in [-0.25, -0.2) is 0 Å². The predicted molar refractivity (Wildman–Crippen MR) is 74.1 cm³/mol. The largest absolute Gasteiger partial charge is 0.379 e. The Hall–Kier alpha value is -2.30. The van der Waals surface area contributed by atoms with Crippen LogP contribution in [0.2, 0.25) is 0 Å². The Morgan fingerprint density at radius 2 is 2.37 bits per heavy atom. The molecule has 0 radical (unpaired) electrons. The maximum absolute atomic E-state index is 11.5. The molecule has 1 aromatic carbocycles. The van der Waals surface area contributed by atoms with Gasteiger partial charge in [0.05, 0.1) is 12.2 Å². The SMILES string of the molecule is CC(=O)N1CCc2cc(NCc3ccn[nH]3)ccc21. The topological polar surface area (TPSA) is 61.0 Å². The second-order valence-corrected chi connectivity index (χ2v) is 4.70. The lowest BCUT2D eigenvalue weighted by molar-refractivity contribution is -0.116. The van der Waals surface area contributed by atoms with Gasteiger partial charge in [0.1, 0.15) is 0 Å². The standard InChI is InChI=1S/C14H16N4O/c1-10(19)18-7-5-11-8-12(2-3-14(11)18)15-9-13-4-6-16-17-13/h2-4,6,8,15H,5,7,9H2,1H3,(H,16,17). The van der Waals surface area contributed by atoms with E-state index in [1.807, 2.05) is 23.1 Å². The molecule has 5 heteroatoms. The highest BCUT2D eigenvalue weighted by atomic mass is 16.2. The molecular formula is C14H16N4O. The van der Waals surface area contributed by atoms with E-state index in [9.17, 15) is 4.79 Å². The third-order valence-electron chi connectivity index (χ3n) is 3.40. The van der Waals surface area contributed by atoms with E-state index in [1.165, 1.54) is 5.56 Å². The Bertz CT molecular complexity index is 591. The van der Waals surface area contributed by atoms with Gasteiger partial charge in [0.2, 0.25) is 5.91 Å². The van der Waals surface area contributed by atoms with Gasteiger partial charge in [-0.2, -0.15) is 5.10 Å². The number of fused-ring (bicyclic) bond motifs is 1. The fourth-order valence-corrected chi connectivity index (χ4v) is 2.42. The Morgan fingerprint density at radius 1 is 1.47 bits per heavy atom. The number of H-pyrrole nitrogens is 1. The number of rotatable bonds is 3. The summed E-state index contributed by atoms with van der Waals surface area (Å²) >= 11 is 0. The fourth-order valence-electron chi connectivity index (χ4n) is 2.42. The highest BCUT2D eigenvalue weighted by Gasteiger charge is 2.21. The second-order valence-electron chi connectivity index (χ2n) is 4.70. The van der Waals surface area contributed by atoms with Crippen LogP contribution in [-0.4, -0.2) is 22.6 Å². The van der Waals surface area contributed by atoms with E-state index in [2.05, 4.69) is 21.6 Å². The molecule has 0 unspecified atom stereocenters. The second kappa shape index (κ2) is 4.76. The van der Waals surface area contributed by atoms with Crippen LogP contribution in [0, 0.1) is 0 Å². The number of anilines is 2. The van der Waals surface area contributed by atoms with Crippen LogP contribution in [-0.2, 0) is 17.8 Å². The number of nitrogens with zero attached hydrogens (tertiary/aromatic N) is 2. The number of hydrogen-bond acceptors (Lipinski definition) is 3. The first-order chi connectivity index (χ1) is 9.24. The summed E-state index contributed by atoms with van der Waals surface area (Å²) in [5, 5.41) is 10.2. The first-order valence-corrected chi connectivity index (χ1v) is 6.37. The van der Waals surface area contributed by atoms with Gasteiger partial charge in [-0.1, -0.05) is 0 Å². The van der Waals surface area contributed by atoms with Crippen LogP contribution in [0.4, 0.5) is 11.4 Å². The summed E-state index contributed by atoms with van der Waals surface area (Å²) in [5.41, 5.74) is 4.38. The molecule has 98 valence electrons. The minimum atomic E-state index is 0.108. The molecule has 0 saturated heterocycles. The van der Waals surface area contributed by atoms with Crippen LogP contribution >= 0.6 is 0 Å². The van der Waals surface area contributed by atoms with Gasteiger partial charge >= 0.3 is 0 Å². The summed E-state index contributed by atoms with van der Waals surface area (Å²) < 4.78 is 0. The molecule has 1 amide bonds. The molecule has 0 bridgehead atoms. The Morgan fingerprint density at radius 3 is 3.11 bits per heavy atom. The van der Waals surface area contributed by atoms with Crippen LogP contribution in [0.1, 0.15) is 18.2 Å². The molecule has 2 aromatic rings. The molecule has 5 nitrogen and oxygen atoms in total. The fraction of sp³-hybridized carbons (Fsp3) is 0.286. The summed E-state index contributed by atoms with van der Waals surface area (Å²) in [4.78, 5) is 13.3. The Kier molecular flexibility index (Phi) is 2.95. The lowest BCUT2D eigenvalue weighted by Crippen LogP contribution is -2.25. The average Bonchev–Trinajstić information content (AvgIpc) is 3.05. The zero-order valence-corrected chi connectivity index (χ0v) is 10.8. The molecule has 3 rings (SSSR count). The van der Waals surface area contributed by atoms with Gasteiger partial charge < -0.3 is 10.2 Å². The number of aromatic nitrogens is 2. The number of aromatic amines is 1. The summed E-state index contributed by atoms with van der Waals surface area (Å²) in [6.07, 6.45) is 2.67. The zero-order valence-electron chi connectivity index (χ0n) is 10.8. The van der Waals surface area contributed by atoms with Crippen molar-refractivity contribution in [1.29, 1.82) is 0 Å². The number of carbonyl (C=O) groups is 1. The molecule has 2 N–H and O–H groups in total. The summed E-state index contributed by atoms with van der Waals surface area (Å²) in [7, 11) is 0. The Labute approximate surface area is 111 Å². The molecule has 19 heavy (non-hydrogen) atoms. The lowest BCUT2D eigenvalue weighted by Gasteiger charge is -2.15. The Balaban J connectivity index is 1.74. The monoisotopic (exact) mass is 256 g/mol. The molecule has 0 spiro atoms. The van der Waals surface area contributed by atoms with Crippen LogP contribution in [0.3, 0.4) is 0 Å². The molecular weight excluding hydrogens is 240 g/mol. The smallest absolute Gasteiger partial charge is 0.223 e. The third kappa shape index (κ3) is 2.31. The van der Waals surface area contributed by atoms with E-state index in [-0.39, 0.29) is 5.91 Å². The predicted octanol–water partition coefficient (Wildman–Crippen LogP) is 1.93. The highest BCUT2D eigenvalue weighted by molar-refractivity contribution is 5.94. The molecule has 0 aliphatic carbocycles. The minimum Gasteiger partial charge on any atom is -0.379 e. The maximum Gasteiger partial charge on any atom is 0.223 e. The van der Waals surface area contributed by atoms with Crippen LogP contribution < -0.4 is 10.2 Å².